The molecule has 2 rings (SSSR count). The van der Waals surface area contributed by atoms with Crippen molar-refractivity contribution in [1.29, 1.82) is 0 Å². The molecule has 0 saturated carbocycles. The zero-order chi connectivity index (χ0) is 13.1. The third-order valence-electron chi connectivity index (χ3n) is 2.22. The Bertz CT molecular complexity index is 495. The van der Waals surface area contributed by atoms with Gasteiger partial charge >= 0.3 is 5.97 Å². The van der Waals surface area contributed by atoms with Gasteiger partial charge < -0.3 is 15.2 Å². The van der Waals surface area contributed by atoms with Gasteiger partial charge in [0.2, 0.25) is 0 Å². The van der Waals surface area contributed by atoms with E-state index in [1.807, 2.05) is 0 Å². The Morgan fingerprint density at radius 3 is 2.94 bits per heavy atom. The van der Waals surface area contributed by atoms with Crippen molar-refractivity contribution in [2.75, 3.05) is 7.11 Å². The van der Waals surface area contributed by atoms with Crippen LogP contribution in [0.2, 0.25) is 0 Å². The standard InChI is InChI=1S/C11H11FN2O3S/c1-16-10(15)7-4-6(2-3-8(7)12)17-9-5-14-11(13)18-9/h2-5,9,11H,13H2,1H3. The highest BCUT2D eigenvalue weighted by atomic mass is 32.2. The van der Waals surface area contributed by atoms with E-state index in [0.717, 1.165) is 6.07 Å². The molecule has 0 aliphatic carbocycles. The number of hydrogen-bond acceptors (Lipinski definition) is 6. The van der Waals surface area contributed by atoms with Crippen LogP contribution in [-0.2, 0) is 4.74 Å². The van der Waals surface area contributed by atoms with Crippen molar-refractivity contribution in [3.63, 3.8) is 0 Å². The van der Waals surface area contributed by atoms with Gasteiger partial charge in [0, 0.05) is 0 Å². The number of esters is 1. The highest BCUT2D eigenvalue weighted by Gasteiger charge is 2.20. The third-order valence-corrected chi connectivity index (χ3v) is 3.11. The van der Waals surface area contributed by atoms with Crippen LogP contribution in [0.5, 0.6) is 5.75 Å². The average Bonchev–Trinajstić information content (AvgIpc) is 2.76. The van der Waals surface area contributed by atoms with E-state index in [4.69, 9.17) is 10.5 Å². The Hall–Kier alpha value is -1.60. The summed E-state index contributed by atoms with van der Waals surface area (Å²) in [7, 11) is 1.19. The molecule has 0 amide bonds. The molecular formula is C11H11FN2O3S. The number of carbonyl (C=O) groups excluding carboxylic acids is 1. The fraction of sp³-hybridized carbons (Fsp3) is 0.273. The molecule has 5 nitrogen and oxygen atoms in total. The molecule has 96 valence electrons. The number of benzene rings is 1. The molecule has 1 aliphatic rings. The number of methoxy groups -OCH3 is 1. The summed E-state index contributed by atoms with van der Waals surface area (Å²) in [5, 5.41) is 0. The minimum absolute atomic E-state index is 0.167. The molecule has 7 heteroatoms. The molecule has 0 aromatic heterocycles. The molecule has 1 aromatic carbocycles. The van der Waals surface area contributed by atoms with Crippen molar-refractivity contribution in [2.24, 2.45) is 10.7 Å². The predicted octanol–water partition coefficient (Wildman–Crippen LogP) is 1.38. The summed E-state index contributed by atoms with van der Waals surface area (Å²) < 4.78 is 23.3. The second-order valence-electron chi connectivity index (χ2n) is 3.44. The quantitative estimate of drug-likeness (QED) is 0.840. The van der Waals surface area contributed by atoms with Gasteiger partial charge in [0.25, 0.3) is 0 Å². The van der Waals surface area contributed by atoms with Crippen LogP contribution in [0.15, 0.2) is 23.2 Å². The van der Waals surface area contributed by atoms with Crippen LogP contribution in [0.1, 0.15) is 10.4 Å². The number of hydrogen-bond donors (Lipinski definition) is 1. The van der Waals surface area contributed by atoms with Crippen LogP contribution in [0.3, 0.4) is 0 Å². The Labute approximate surface area is 107 Å². The number of aliphatic imine (C=N–C) groups is 1. The second kappa shape index (κ2) is 5.36. The summed E-state index contributed by atoms with van der Waals surface area (Å²) in [6.45, 7) is 0. The lowest BCUT2D eigenvalue weighted by atomic mass is 10.2. The van der Waals surface area contributed by atoms with Crippen LogP contribution < -0.4 is 10.5 Å². The molecule has 0 bridgehead atoms. The Morgan fingerprint density at radius 2 is 2.33 bits per heavy atom. The first kappa shape index (κ1) is 12.8. The summed E-state index contributed by atoms with van der Waals surface area (Å²) >= 11 is 1.31. The van der Waals surface area contributed by atoms with Crippen molar-refractivity contribution < 1.29 is 18.7 Å². The van der Waals surface area contributed by atoms with Crippen LogP contribution in [0, 0.1) is 5.82 Å². The normalized spacial score (nSPS) is 21.9. The minimum atomic E-state index is -0.748. The van der Waals surface area contributed by atoms with E-state index >= 15 is 0 Å². The minimum Gasteiger partial charge on any atom is -0.474 e. The first-order valence-electron chi connectivity index (χ1n) is 5.09. The van der Waals surface area contributed by atoms with Gasteiger partial charge in [-0.1, -0.05) is 11.8 Å². The molecular weight excluding hydrogens is 259 g/mol. The molecule has 1 aliphatic heterocycles. The van der Waals surface area contributed by atoms with Crippen molar-refractivity contribution in [3.05, 3.63) is 29.6 Å². The maximum absolute atomic E-state index is 13.4. The molecule has 1 heterocycles. The number of thioether (sulfide) groups is 1. The molecule has 18 heavy (non-hydrogen) atoms. The monoisotopic (exact) mass is 270 g/mol. The second-order valence-corrected chi connectivity index (χ2v) is 4.66. The fourth-order valence-corrected chi connectivity index (χ4v) is 2.12. The molecule has 0 saturated heterocycles. The van der Waals surface area contributed by atoms with E-state index < -0.39 is 11.8 Å². The number of carbonyl (C=O) groups is 1. The molecule has 2 N–H and O–H groups in total. The van der Waals surface area contributed by atoms with Gasteiger partial charge in [0.05, 0.1) is 18.9 Å². The zero-order valence-corrected chi connectivity index (χ0v) is 10.3. The van der Waals surface area contributed by atoms with Gasteiger partial charge in [-0.3, -0.25) is 4.99 Å². The molecule has 0 radical (unpaired) electrons. The van der Waals surface area contributed by atoms with E-state index in [1.165, 1.54) is 31.0 Å². The lowest BCUT2D eigenvalue weighted by Crippen LogP contribution is -2.15. The van der Waals surface area contributed by atoms with Gasteiger partial charge in [-0.2, -0.15) is 0 Å². The summed E-state index contributed by atoms with van der Waals surface area (Å²) in [5.74, 6) is -1.05. The molecule has 0 spiro atoms. The lowest BCUT2D eigenvalue weighted by molar-refractivity contribution is 0.0595. The molecule has 2 atom stereocenters. The molecule has 1 aromatic rings. The predicted molar refractivity (Wildman–Crippen MR) is 66.2 cm³/mol. The fourth-order valence-electron chi connectivity index (χ4n) is 1.40. The van der Waals surface area contributed by atoms with Gasteiger partial charge in [-0.05, 0) is 18.2 Å². The van der Waals surface area contributed by atoms with Crippen molar-refractivity contribution in [1.82, 2.24) is 0 Å². The van der Waals surface area contributed by atoms with Crippen molar-refractivity contribution >= 4 is 23.9 Å². The van der Waals surface area contributed by atoms with E-state index in [9.17, 15) is 9.18 Å². The maximum atomic E-state index is 13.4. The number of halogens is 1. The first-order valence-corrected chi connectivity index (χ1v) is 6.03. The first-order chi connectivity index (χ1) is 8.60. The van der Waals surface area contributed by atoms with Crippen molar-refractivity contribution in [2.45, 2.75) is 10.9 Å². The van der Waals surface area contributed by atoms with Crippen molar-refractivity contribution in [3.8, 4) is 5.75 Å². The Balaban J connectivity index is 2.14. The Morgan fingerprint density at radius 1 is 1.56 bits per heavy atom. The number of nitrogens with zero attached hydrogens (tertiary/aromatic N) is 1. The topological polar surface area (TPSA) is 73.9 Å². The van der Waals surface area contributed by atoms with E-state index in [0.29, 0.717) is 5.75 Å². The maximum Gasteiger partial charge on any atom is 0.340 e. The highest BCUT2D eigenvalue weighted by molar-refractivity contribution is 8.01. The van der Waals surface area contributed by atoms with E-state index in [2.05, 4.69) is 9.73 Å². The number of rotatable bonds is 3. The van der Waals surface area contributed by atoms with Crippen LogP contribution >= 0.6 is 11.8 Å². The summed E-state index contributed by atoms with van der Waals surface area (Å²) in [6.07, 6.45) is 1.57. The summed E-state index contributed by atoms with van der Waals surface area (Å²) in [6, 6.07) is 3.87. The third kappa shape index (κ3) is 2.80. The van der Waals surface area contributed by atoms with Crippen LogP contribution in [0.25, 0.3) is 0 Å². The smallest absolute Gasteiger partial charge is 0.340 e. The highest BCUT2D eigenvalue weighted by Crippen LogP contribution is 2.25. The lowest BCUT2D eigenvalue weighted by Gasteiger charge is -2.12. The van der Waals surface area contributed by atoms with Gasteiger partial charge in [0.15, 0.2) is 5.44 Å². The largest absolute Gasteiger partial charge is 0.474 e. The van der Waals surface area contributed by atoms with Crippen LogP contribution in [-0.4, -0.2) is 30.2 Å². The van der Waals surface area contributed by atoms with Gasteiger partial charge in [-0.25, -0.2) is 9.18 Å². The summed E-state index contributed by atoms with van der Waals surface area (Å²) in [4.78, 5) is 15.2. The van der Waals surface area contributed by atoms with Gasteiger partial charge in [-0.15, -0.1) is 0 Å². The SMILES string of the molecule is COC(=O)c1cc(OC2C=NC(N)S2)ccc1F. The average molecular weight is 270 g/mol. The summed E-state index contributed by atoms with van der Waals surface area (Å²) in [5.41, 5.74) is 4.70. The Kier molecular flexibility index (Phi) is 3.83. The number of nitrogens with two attached hydrogens (primary N) is 1. The van der Waals surface area contributed by atoms with Gasteiger partial charge in [0.1, 0.15) is 17.1 Å². The van der Waals surface area contributed by atoms with Crippen LogP contribution in [0.4, 0.5) is 4.39 Å². The van der Waals surface area contributed by atoms with E-state index in [-0.39, 0.29) is 16.5 Å². The molecule has 2 unspecified atom stereocenters. The number of ether oxygens (including phenoxy) is 2. The molecule has 0 fully saturated rings. The van der Waals surface area contributed by atoms with E-state index in [1.54, 1.807) is 6.21 Å². The zero-order valence-electron chi connectivity index (χ0n) is 9.50.